The molecule has 0 aliphatic carbocycles. The van der Waals surface area contributed by atoms with Crippen molar-refractivity contribution in [2.75, 3.05) is 0 Å². The van der Waals surface area contributed by atoms with Crippen molar-refractivity contribution in [2.24, 2.45) is 7.05 Å². The fourth-order valence-electron chi connectivity index (χ4n) is 1.16. The first kappa shape index (κ1) is 10.6. The summed E-state index contributed by atoms with van der Waals surface area (Å²) < 4.78 is 38.3. The van der Waals surface area contributed by atoms with E-state index in [2.05, 4.69) is 15.9 Å². The van der Waals surface area contributed by atoms with Crippen LogP contribution in [0.2, 0.25) is 0 Å². The van der Waals surface area contributed by atoms with Crippen LogP contribution in [0.4, 0.5) is 13.2 Å². The van der Waals surface area contributed by atoms with E-state index in [1.807, 2.05) is 0 Å². The number of aromatic nitrogens is 1. The molecular formula is C7H7BrF3NO. The topological polar surface area (TPSA) is 25.2 Å². The quantitative estimate of drug-likeness (QED) is 0.821. The van der Waals surface area contributed by atoms with Crippen molar-refractivity contribution in [2.45, 2.75) is 12.8 Å². The van der Waals surface area contributed by atoms with Gasteiger partial charge < -0.3 is 9.67 Å². The second-order valence-electron chi connectivity index (χ2n) is 2.57. The van der Waals surface area contributed by atoms with Crippen LogP contribution in [-0.2, 0) is 19.8 Å². The number of hydrogen-bond acceptors (Lipinski definition) is 1. The number of alkyl halides is 3. The van der Waals surface area contributed by atoms with E-state index in [0.717, 1.165) is 4.57 Å². The first-order chi connectivity index (χ1) is 5.88. The van der Waals surface area contributed by atoms with E-state index in [1.165, 1.54) is 13.2 Å². The Hall–Kier alpha value is -0.490. The zero-order chi connectivity index (χ0) is 10.2. The van der Waals surface area contributed by atoms with Crippen molar-refractivity contribution in [3.05, 3.63) is 21.9 Å². The van der Waals surface area contributed by atoms with Gasteiger partial charge in [-0.25, -0.2) is 0 Å². The lowest BCUT2D eigenvalue weighted by Gasteiger charge is -2.09. The molecule has 13 heavy (non-hydrogen) atoms. The molecule has 74 valence electrons. The maximum atomic E-state index is 12.4. The Morgan fingerprint density at radius 2 is 2.08 bits per heavy atom. The van der Waals surface area contributed by atoms with Crippen molar-refractivity contribution in [1.82, 2.24) is 4.57 Å². The standard InChI is InChI=1S/C7H7BrF3NO/c1-12-2-5(8)4(3-13)6(12)7(9,10)11/h2,13H,3H2,1H3. The highest BCUT2D eigenvalue weighted by Gasteiger charge is 2.37. The van der Waals surface area contributed by atoms with Gasteiger partial charge in [-0.05, 0) is 15.9 Å². The number of nitrogens with zero attached hydrogens (tertiary/aromatic N) is 1. The van der Waals surface area contributed by atoms with Crippen molar-refractivity contribution in [3.63, 3.8) is 0 Å². The van der Waals surface area contributed by atoms with Crippen LogP contribution in [0.1, 0.15) is 11.3 Å². The van der Waals surface area contributed by atoms with Gasteiger partial charge in [-0.1, -0.05) is 0 Å². The molecular weight excluding hydrogens is 251 g/mol. The van der Waals surface area contributed by atoms with Crippen molar-refractivity contribution < 1.29 is 18.3 Å². The largest absolute Gasteiger partial charge is 0.431 e. The number of halogens is 4. The summed E-state index contributed by atoms with van der Waals surface area (Å²) in [5.41, 5.74) is -0.947. The molecule has 0 radical (unpaired) electrons. The number of hydrogen-bond donors (Lipinski definition) is 1. The highest BCUT2D eigenvalue weighted by molar-refractivity contribution is 9.10. The maximum Gasteiger partial charge on any atom is 0.431 e. The van der Waals surface area contributed by atoms with Gasteiger partial charge in [-0.2, -0.15) is 13.2 Å². The maximum absolute atomic E-state index is 12.4. The number of aliphatic hydroxyl groups is 1. The molecule has 1 rings (SSSR count). The van der Waals surface area contributed by atoms with Gasteiger partial charge in [-0.15, -0.1) is 0 Å². The Bertz CT molecular complexity index is 318. The molecule has 0 spiro atoms. The summed E-state index contributed by atoms with van der Waals surface area (Å²) >= 11 is 2.94. The SMILES string of the molecule is Cn1cc(Br)c(CO)c1C(F)(F)F. The van der Waals surface area contributed by atoms with E-state index < -0.39 is 18.5 Å². The molecule has 0 atom stereocenters. The average molecular weight is 258 g/mol. The Morgan fingerprint density at radius 1 is 1.54 bits per heavy atom. The van der Waals surface area contributed by atoms with Gasteiger partial charge in [0.15, 0.2) is 0 Å². The van der Waals surface area contributed by atoms with Crippen LogP contribution in [0.3, 0.4) is 0 Å². The van der Waals surface area contributed by atoms with Gasteiger partial charge in [0, 0.05) is 23.3 Å². The molecule has 0 saturated heterocycles. The minimum atomic E-state index is -4.43. The zero-order valence-electron chi connectivity index (χ0n) is 6.69. The summed E-state index contributed by atoms with van der Waals surface area (Å²) in [4.78, 5) is 0. The molecule has 0 amide bonds. The van der Waals surface area contributed by atoms with Crippen LogP contribution < -0.4 is 0 Å². The molecule has 1 aromatic heterocycles. The van der Waals surface area contributed by atoms with Gasteiger partial charge in [-0.3, -0.25) is 0 Å². The van der Waals surface area contributed by atoms with Crippen LogP contribution in [0.5, 0.6) is 0 Å². The van der Waals surface area contributed by atoms with Gasteiger partial charge in [0.2, 0.25) is 0 Å². The molecule has 0 aliphatic heterocycles. The van der Waals surface area contributed by atoms with Crippen LogP contribution in [0.15, 0.2) is 10.7 Å². The van der Waals surface area contributed by atoms with Crippen molar-refractivity contribution in [1.29, 1.82) is 0 Å². The molecule has 0 unspecified atom stereocenters. The lowest BCUT2D eigenvalue weighted by molar-refractivity contribution is -0.144. The van der Waals surface area contributed by atoms with E-state index in [-0.39, 0.29) is 10.0 Å². The van der Waals surface area contributed by atoms with Gasteiger partial charge >= 0.3 is 6.18 Å². The fraction of sp³-hybridized carbons (Fsp3) is 0.429. The lowest BCUT2D eigenvalue weighted by Crippen LogP contribution is -2.13. The van der Waals surface area contributed by atoms with Crippen LogP contribution in [0.25, 0.3) is 0 Å². The molecule has 0 fully saturated rings. The van der Waals surface area contributed by atoms with E-state index in [0.29, 0.717) is 0 Å². The van der Waals surface area contributed by atoms with Gasteiger partial charge in [0.25, 0.3) is 0 Å². The minimum absolute atomic E-state index is 0.130. The Balaban J connectivity index is 3.34. The summed E-state index contributed by atoms with van der Waals surface area (Å²) in [5, 5.41) is 8.73. The molecule has 6 heteroatoms. The first-order valence-corrected chi connectivity index (χ1v) is 4.19. The van der Waals surface area contributed by atoms with Crippen molar-refractivity contribution >= 4 is 15.9 Å². The predicted octanol–water partition coefficient (Wildman–Crippen LogP) is 2.30. The first-order valence-electron chi connectivity index (χ1n) is 3.39. The summed E-state index contributed by atoms with van der Waals surface area (Å²) in [5.74, 6) is 0. The predicted molar refractivity (Wildman–Crippen MR) is 44.0 cm³/mol. The second kappa shape index (κ2) is 3.34. The van der Waals surface area contributed by atoms with E-state index >= 15 is 0 Å². The summed E-state index contributed by atoms with van der Waals surface area (Å²) in [7, 11) is 1.28. The molecule has 0 bridgehead atoms. The highest BCUT2D eigenvalue weighted by Crippen LogP contribution is 2.35. The molecule has 0 aromatic carbocycles. The van der Waals surface area contributed by atoms with Gasteiger partial charge in [0.05, 0.1) is 6.61 Å². The second-order valence-corrected chi connectivity index (χ2v) is 3.43. The van der Waals surface area contributed by atoms with Gasteiger partial charge in [0.1, 0.15) is 5.69 Å². The van der Waals surface area contributed by atoms with Crippen LogP contribution >= 0.6 is 15.9 Å². The number of aryl methyl sites for hydroxylation is 1. The van der Waals surface area contributed by atoms with Crippen LogP contribution in [0, 0.1) is 0 Å². The Kier molecular flexibility index (Phi) is 2.72. The molecule has 0 aliphatic rings. The van der Waals surface area contributed by atoms with E-state index in [4.69, 9.17) is 5.11 Å². The minimum Gasteiger partial charge on any atom is -0.392 e. The molecule has 1 aromatic rings. The third-order valence-corrected chi connectivity index (χ3v) is 2.34. The highest BCUT2D eigenvalue weighted by atomic mass is 79.9. The molecule has 1 heterocycles. The molecule has 2 nitrogen and oxygen atoms in total. The average Bonchev–Trinajstić information content (AvgIpc) is 2.23. The van der Waals surface area contributed by atoms with E-state index in [9.17, 15) is 13.2 Å². The molecule has 0 saturated carbocycles. The van der Waals surface area contributed by atoms with Crippen LogP contribution in [-0.4, -0.2) is 9.67 Å². The lowest BCUT2D eigenvalue weighted by atomic mass is 10.2. The smallest absolute Gasteiger partial charge is 0.392 e. The Morgan fingerprint density at radius 3 is 2.38 bits per heavy atom. The van der Waals surface area contributed by atoms with Crippen molar-refractivity contribution in [3.8, 4) is 0 Å². The van der Waals surface area contributed by atoms with E-state index in [1.54, 1.807) is 0 Å². The zero-order valence-corrected chi connectivity index (χ0v) is 8.28. The third-order valence-electron chi connectivity index (χ3n) is 1.66. The number of aliphatic hydroxyl groups excluding tert-OH is 1. The third kappa shape index (κ3) is 1.88. The summed E-state index contributed by atoms with van der Waals surface area (Å²) in [6.07, 6.45) is -3.16. The summed E-state index contributed by atoms with van der Waals surface area (Å²) in [6.45, 7) is -0.629. The summed E-state index contributed by atoms with van der Waals surface area (Å²) in [6, 6.07) is 0. The monoisotopic (exact) mass is 257 g/mol. The Labute approximate surface area is 81.1 Å². The normalized spacial score (nSPS) is 12.2. The number of rotatable bonds is 1. The molecule has 1 N–H and O–H groups in total. The fourth-order valence-corrected chi connectivity index (χ4v) is 1.78.